The third kappa shape index (κ3) is 4.03. The molecule has 0 radical (unpaired) electrons. The monoisotopic (exact) mass is 363 g/mol. The molecule has 0 saturated carbocycles. The molecule has 136 valence electrons. The van der Waals surface area contributed by atoms with Crippen LogP contribution in [0.4, 0.5) is 10.2 Å². The number of nitrogens with one attached hydrogen (secondary N) is 2. The van der Waals surface area contributed by atoms with Crippen molar-refractivity contribution in [1.82, 2.24) is 19.7 Å². The molecule has 4 rings (SSSR count). The van der Waals surface area contributed by atoms with Crippen LogP contribution in [0.3, 0.4) is 0 Å². The number of rotatable bonds is 5. The molecule has 2 heterocycles. The van der Waals surface area contributed by atoms with E-state index in [-0.39, 0.29) is 18.1 Å². The first-order chi connectivity index (χ1) is 13.0. The van der Waals surface area contributed by atoms with E-state index in [1.807, 2.05) is 25.1 Å². The number of hydrogen-bond acceptors (Lipinski definition) is 3. The quantitative estimate of drug-likeness (QED) is 0.570. The predicted octanol–water partition coefficient (Wildman–Crippen LogP) is 3.44. The summed E-state index contributed by atoms with van der Waals surface area (Å²) in [6.45, 7) is 2.40. The van der Waals surface area contributed by atoms with Gasteiger partial charge in [0.05, 0.1) is 24.0 Å². The second kappa shape index (κ2) is 7.03. The van der Waals surface area contributed by atoms with Gasteiger partial charge in [0.25, 0.3) is 0 Å². The summed E-state index contributed by atoms with van der Waals surface area (Å²) < 4.78 is 14.7. The van der Waals surface area contributed by atoms with Crippen molar-refractivity contribution in [2.45, 2.75) is 19.9 Å². The van der Waals surface area contributed by atoms with Crippen LogP contribution in [0.25, 0.3) is 11.0 Å². The highest BCUT2D eigenvalue weighted by atomic mass is 19.1. The fourth-order valence-corrected chi connectivity index (χ4v) is 2.96. The van der Waals surface area contributed by atoms with Crippen molar-refractivity contribution in [3.63, 3.8) is 0 Å². The summed E-state index contributed by atoms with van der Waals surface area (Å²) in [6.07, 6.45) is 2.03. The lowest BCUT2D eigenvalue weighted by atomic mass is 10.1. The molecule has 0 atom stereocenters. The first-order valence-electron chi connectivity index (χ1n) is 8.58. The maximum absolute atomic E-state index is 13.0. The van der Waals surface area contributed by atoms with Crippen LogP contribution in [0.2, 0.25) is 0 Å². The highest BCUT2D eigenvalue weighted by molar-refractivity contribution is 5.92. The van der Waals surface area contributed by atoms with E-state index in [4.69, 9.17) is 0 Å². The molecule has 7 heteroatoms. The van der Waals surface area contributed by atoms with Gasteiger partial charge in [0.15, 0.2) is 5.82 Å². The normalized spacial score (nSPS) is 11.0. The Morgan fingerprint density at radius 3 is 2.74 bits per heavy atom. The third-order valence-electron chi connectivity index (χ3n) is 4.20. The molecular formula is C20H18FN5O. The number of aromatic amines is 1. The summed E-state index contributed by atoms with van der Waals surface area (Å²) in [5, 5.41) is 7.14. The molecule has 2 aromatic carbocycles. The van der Waals surface area contributed by atoms with Crippen LogP contribution < -0.4 is 5.32 Å². The fourth-order valence-electron chi connectivity index (χ4n) is 2.96. The second-order valence-corrected chi connectivity index (χ2v) is 6.42. The van der Waals surface area contributed by atoms with Gasteiger partial charge in [0, 0.05) is 12.3 Å². The first kappa shape index (κ1) is 17.0. The Bertz CT molecular complexity index is 1100. The summed E-state index contributed by atoms with van der Waals surface area (Å²) >= 11 is 0. The Balaban J connectivity index is 1.38. The molecule has 2 N–H and O–H groups in total. The number of carbonyl (C=O) groups is 1. The Kier molecular flexibility index (Phi) is 4.42. The zero-order chi connectivity index (χ0) is 18.8. The standard InChI is InChI=1S/C20H18FN5O/c1-13-22-17-7-4-15(10-18(17)23-13)11-20(27)24-19-8-9-26(25-19)12-14-2-5-16(21)6-3-14/h2-10H,11-12H2,1H3,(H,22,23)(H,24,25,27). The van der Waals surface area contributed by atoms with Gasteiger partial charge in [-0.05, 0) is 42.3 Å². The van der Waals surface area contributed by atoms with Crippen LogP contribution in [0.5, 0.6) is 0 Å². The lowest BCUT2D eigenvalue weighted by Gasteiger charge is -2.04. The van der Waals surface area contributed by atoms with E-state index in [9.17, 15) is 9.18 Å². The maximum atomic E-state index is 13.0. The van der Waals surface area contributed by atoms with Gasteiger partial charge in [-0.25, -0.2) is 9.37 Å². The number of H-pyrrole nitrogens is 1. The Labute approximate surface area is 155 Å². The van der Waals surface area contributed by atoms with E-state index in [0.29, 0.717) is 12.4 Å². The number of amides is 1. The van der Waals surface area contributed by atoms with Crippen molar-refractivity contribution in [3.05, 3.63) is 77.5 Å². The number of benzene rings is 2. The molecule has 0 aliphatic carbocycles. The Morgan fingerprint density at radius 1 is 1.15 bits per heavy atom. The Hall–Kier alpha value is -3.48. The zero-order valence-corrected chi connectivity index (χ0v) is 14.7. The van der Waals surface area contributed by atoms with Crippen LogP contribution in [-0.4, -0.2) is 25.7 Å². The molecule has 0 unspecified atom stereocenters. The molecule has 1 amide bonds. The van der Waals surface area contributed by atoms with Crippen molar-refractivity contribution < 1.29 is 9.18 Å². The van der Waals surface area contributed by atoms with Gasteiger partial charge >= 0.3 is 0 Å². The maximum Gasteiger partial charge on any atom is 0.229 e. The number of nitrogens with zero attached hydrogens (tertiary/aromatic N) is 3. The number of fused-ring (bicyclic) bond motifs is 1. The third-order valence-corrected chi connectivity index (χ3v) is 4.20. The highest BCUT2D eigenvalue weighted by Crippen LogP contribution is 2.15. The van der Waals surface area contributed by atoms with Crippen LogP contribution >= 0.6 is 0 Å². The van der Waals surface area contributed by atoms with Gasteiger partial charge in [-0.1, -0.05) is 18.2 Å². The molecule has 0 fully saturated rings. The predicted molar refractivity (Wildman–Crippen MR) is 101 cm³/mol. The lowest BCUT2D eigenvalue weighted by molar-refractivity contribution is -0.115. The number of imidazole rings is 1. The summed E-state index contributed by atoms with van der Waals surface area (Å²) in [7, 11) is 0. The van der Waals surface area contributed by atoms with Gasteiger partial charge in [0.1, 0.15) is 11.6 Å². The molecule has 0 spiro atoms. The topological polar surface area (TPSA) is 75.6 Å². The van der Waals surface area contributed by atoms with E-state index in [1.165, 1.54) is 12.1 Å². The zero-order valence-electron chi connectivity index (χ0n) is 14.7. The largest absolute Gasteiger partial charge is 0.342 e. The molecule has 27 heavy (non-hydrogen) atoms. The summed E-state index contributed by atoms with van der Waals surface area (Å²) in [5.41, 5.74) is 3.63. The molecule has 6 nitrogen and oxygen atoms in total. The van der Waals surface area contributed by atoms with Crippen LogP contribution in [0, 0.1) is 12.7 Å². The van der Waals surface area contributed by atoms with Crippen LogP contribution in [0.15, 0.2) is 54.7 Å². The molecule has 0 aliphatic rings. The summed E-state index contributed by atoms with van der Waals surface area (Å²) in [4.78, 5) is 19.8. The van der Waals surface area contributed by atoms with Gasteiger partial charge in [-0.15, -0.1) is 0 Å². The van der Waals surface area contributed by atoms with Gasteiger partial charge in [-0.3, -0.25) is 9.48 Å². The summed E-state index contributed by atoms with van der Waals surface area (Å²) in [6, 6.07) is 13.7. The average molecular weight is 363 g/mol. The van der Waals surface area contributed by atoms with Gasteiger partial charge < -0.3 is 10.3 Å². The fraction of sp³-hybridized carbons (Fsp3) is 0.150. The SMILES string of the molecule is Cc1nc2ccc(CC(=O)Nc3ccn(Cc4ccc(F)cc4)n3)cc2[nH]1. The molecule has 0 saturated heterocycles. The van der Waals surface area contributed by atoms with Crippen molar-refractivity contribution in [3.8, 4) is 0 Å². The Morgan fingerprint density at radius 2 is 1.93 bits per heavy atom. The van der Waals surface area contributed by atoms with E-state index in [1.54, 1.807) is 29.1 Å². The van der Waals surface area contributed by atoms with Crippen molar-refractivity contribution in [2.24, 2.45) is 0 Å². The molecule has 4 aromatic rings. The first-order valence-corrected chi connectivity index (χ1v) is 8.58. The summed E-state index contributed by atoms with van der Waals surface area (Å²) in [5.74, 6) is 0.923. The minimum Gasteiger partial charge on any atom is -0.342 e. The van der Waals surface area contributed by atoms with Crippen molar-refractivity contribution in [1.29, 1.82) is 0 Å². The molecular weight excluding hydrogens is 345 g/mol. The minimum absolute atomic E-state index is 0.141. The number of halogens is 1. The minimum atomic E-state index is -0.268. The van der Waals surface area contributed by atoms with Crippen LogP contribution in [0.1, 0.15) is 17.0 Å². The van der Waals surface area contributed by atoms with Crippen molar-refractivity contribution >= 4 is 22.8 Å². The van der Waals surface area contributed by atoms with E-state index in [2.05, 4.69) is 20.4 Å². The highest BCUT2D eigenvalue weighted by Gasteiger charge is 2.08. The smallest absolute Gasteiger partial charge is 0.229 e. The second-order valence-electron chi connectivity index (χ2n) is 6.42. The van der Waals surface area contributed by atoms with E-state index < -0.39 is 0 Å². The number of anilines is 1. The van der Waals surface area contributed by atoms with Gasteiger partial charge in [0.2, 0.25) is 5.91 Å². The number of aromatic nitrogens is 4. The number of hydrogen-bond donors (Lipinski definition) is 2. The molecule has 2 aromatic heterocycles. The van der Waals surface area contributed by atoms with E-state index in [0.717, 1.165) is 28.0 Å². The molecule has 0 aliphatic heterocycles. The lowest BCUT2D eigenvalue weighted by Crippen LogP contribution is -2.15. The number of carbonyl (C=O) groups excluding carboxylic acids is 1. The van der Waals surface area contributed by atoms with Crippen LogP contribution in [-0.2, 0) is 17.8 Å². The average Bonchev–Trinajstić information content (AvgIpc) is 3.21. The number of aryl methyl sites for hydroxylation is 1. The van der Waals surface area contributed by atoms with Gasteiger partial charge in [-0.2, -0.15) is 5.10 Å². The molecule has 0 bridgehead atoms. The van der Waals surface area contributed by atoms with E-state index >= 15 is 0 Å². The van der Waals surface area contributed by atoms with Crippen molar-refractivity contribution in [2.75, 3.05) is 5.32 Å².